The molecule has 4 heteroatoms. The first kappa shape index (κ1) is 16.5. The highest BCUT2D eigenvalue weighted by Gasteiger charge is 2.12. The SMILES string of the molecule is CCN(CC)C(C)Oc1ccc(-c2cn3cccc(C)c3n2)cc1. The molecule has 0 spiro atoms. The first-order valence-electron chi connectivity index (χ1n) is 8.57. The first-order chi connectivity index (χ1) is 11.6. The van der Waals surface area contributed by atoms with Crippen molar-refractivity contribution >= 4 is 5.65 Å². The molecule has 0 amide bonds. The van der Waals surface area contributed by atoms with E-state index in [9.17, 15) is 0 Å². The van der Waals surface area contributed by atoms with Crippen molar-refractivity contribution in [2.75, 3.05) is 13.1 Å². The number of benzene rings is 1. The number of pyridine rings is 1. The van der Waals surface area contributed by atoms with Gasteiger partial charge in [-0.3, -0.25) is 4.90 Å². The Morgan fingerprint density at radius 3 is 2.46 bits per heavy atom. The van der Waals surface area contributed by atoms with Crippen molar-refractivity contribution in [3.05, 3.63) is 54.4 Å². The van der Waals surface area contributed by atoms with Crippen molar-refractivity contribution in [3.8, 4) is 17.0 Å². The van der Waals surface area contributed by atoms with Gasteiger partial charge in [0.05, 0.1) is 5.69 Å². The molecule has 24 heavy (non-hydrogen) atoms. The molecule has 0 N–H and O–H groups in total. The van der Waals surface area contributed by atoms with Crippen LogP contribution in [-0.2, 0) is 0 Å². The first-order valence-corrected chi connectivity index (χ1v) is 8.57. The summed E-state index contributed by atoms with van der Waals surface area (Å²) in [4.78, 5) is 7.02. The fourth-order valence-corrected chi connectivity index (χ4v) is 3.01. The summed E-state index contributed by atoms with van der Waals surface area (Å²) in [6, 6.07) is 12.3. The van der Waals surface area contributed by atoms with Crippen LogP contribution in [0.3, 0.4) is 0 Å². The quantitative estimate of drug-likeness (QED) is 0.631. The minimum atomic E-state index is 0.0729. The van der Waals surface area contributed by atoms with Crippen LogP contribution in [0.4, 0.5) is 0 Å². The lowest BCUT2D eigenvalue weighted by Gasteiger charge is -2.26. The smallest absolute Gasteiger partial charge is 0.149 e. The van der Waals surface area contributed by atoms with E-state index in [2.05, 4.69) is 61.4 Å². The second kappa shape index (κ2) is 7.05. The highest BCUT2D eigenvalue weighted by molar-refractivity contribution is 5.64. The van der Waals surface area contributed by atoms with Crippen molar-refractivity contribution in [2.45, 2.75) is 33.9 Å². The van der Waals surface area contributed by atoms with Crippen molar-refractivity contribution in [3.63, 3.8) is 0 Å². The molecule has 1 aromatic carbocycles. The van der Waals surface area contributed by atoms with Gasteiger partial charge < -0.3 is 9.14 Å². The van der Waals surface area contributed by atoms with Crippen molar-refractivity contribution in [2.24, 2.45) is 0 Å². The fraction of sp³-hybridized carbons (Fsp3) is 0.350. The number of aromatic nitrogens is 2. The number of ether oxygens (including phenoxy) is 1. The van der Waals surface area contributed by atoms with Gasteiger partial charge in [-0.1, -0.05) is 19.9 Å². The lowest BCUT2D eigenvalue weighted by atomic mass is 10.1. The van der Waals surface area contributed by atoms with Crippen molar-refractivity contribution in [1.82, 2.24) is 14.3 Å². The molecular weight excluding hydrogens is 298 g/mol. The Labute approximate surface area is 143 Å². The number of imidazole rings is 1. The van der Waals surface area contributed by atoms with Gasteiger partial charge in [0.25, 0.3) is 0 Å². The Kier molecular flexibility index (Phi) is 4.86. The van der Waals surface area contributed by atoms with Gasteiger partial charge in [-0.05, 0) is 62.8 Å². The van der Waals surface area contributed by atoms with Gasteiger partial charge in [0.2, 0.25) is 0 Å². The molecular formula is C20H25N3O. The van der Waals surface area contributed by atoms with Crippen LogP contribution in [0.1, 0.15) is 26.3 Å². The molecule has 126 valence electrons. The Bertz CT molecular complexity index is 803. The normalized spacial score (nSPS) is 12.7. The second-order valence-electron chi connectivity index (χ2n) is 6.01. The van der Waals surface area contributed by atoms with Crippen LogP contribution < -0.4 is 4.74 Å². The van der Waals surface area contributed by atoms with Crippen LogP contribution in [0.15, 0.2) is 48.8 Å². The monoisotopic (exact) mass is 323 g/mol. The molecule has 3 aromatic rings. The third-order valence-corrected chi connectivity index (χ3v) is 4.46. The number of aryl methyl sites for hydroxylation is 1. The molecule has 2 heterocycles. The van der Waals surface area contributed by atoms with Gasteiger partial charge >= 0.3 is 0 Å². The summed E-state index contributed by atoms with van der Waals surface area (Å²) in [6.45, 7) is 10.4. The van der Waals surface area contributed by atoms with E-state index in [1.54, 1.807) is 0 Å². The maximum Gasteiger partial charge on any atom is 0.149 e. The maximum atomic E-state index is 6.03. The summed E-state index contributed by atoms with van der Waals surface area (Å²) in [5.41, 5.74) is 4.26. The fourth-order valence-electron chi connectivity index (χ4n) is 3.01. The summed E-state index contributed by atoms with van der Waals surface area (Å²) in [6.07, 6.45) is 4.17. The van der Waals surface area contributed by atoms with E-state index < -0.39 is 0 Å². The Hall–Kier alpha value is -2.33. The second-order valence-corrected chi connectivity index (χ2v) is 6.01. The minimum absolute atomic E-state index is 0.0729. The highest BCUT2D eigenvalue weighted by atomic mass is 16.5. The average molecular weight is 323 g/mol. The van der Waals surface area contributed by atoms with E-state index in [1.807, 2.05) is 24.4 Å². The highest BCUT2D eigenvalue weighted by Crippen LogP contribution is 2.24. The van der Waals surface area contributed by atoms with E-state index in [0.29, 0.717) is 0 Å². The number of hydrogen-bond acceptors (Lipinski definition) is 3. The Balaban J connectivity index is 1.79. The summed E-state index contributed by atoms with van der Waals surface area (Å²) < 4.78 is 8.09. The van der Waals surface area contributed by atoms with E-state index in [4.69, 9.17) is 9.72 Å². The molecule has 0 fully saturated rings. The van der Waals surface area contributed by atoms with Crippen LogP contribution >= 0.6 is 0 Å². The van der Waals surface area contributed by atoms with Crippen LogP contribution in [0, 0.1) is 6.92 Å². The molecule has 0 bridgehead atoms. The Morgan fingerprint density at radius 2 is 1.83 bits per heavy atom. The van der Waals surface area contributed by atoms with Crippen LogP contribution in [0.2, 0.25) is 0 Å². The predicted molar refractivity (Wildman–Crippen MR) is 98.4 cm³/mol. The van der Waals surface area contributed by atoms with Gasteiger partial charge in [-0.25, -0.2) is 4.98 Å². The lowest BCUT2D eigenvalue weighted by Crippen LogP contribution is -2.36. The van der Waals surface area contributed by atoms with Crippen molar-refractivity contribution < 1.29 is 4.74 Å². The molecule has 0 saturated carbocycles. The van der Waals surface area contributed by atoms with E-state index in [1.165, 1.54) is 5.56 Å². The molecule has 0 aliphatic heterocycles. The third-order valence-electron chi connectivity index (χ3n) is 4.46. The lowest BCUT2D eigenvalue weighted by molar-refractivity contribution is 0.0481. The third kappa shape index (κ3) is 3.29. The molecule has 2 aromatic heterocycles. The molecule has 4 nitrogen and oxygen atoms in total. The van der Waals surface area contributed by atoms with E-state index in [0.717, 1.165) is 35.7 Å². The summed E-state index contributed by atoms with van der Waals surface area (Å²) in [7, 11) is 0. The summed E-state index contributed by atoms with van der Waals surface area (Å²) in [5, 5.41) is 0. The van der Waals surface area contributed by atoms with Gasteiger partial charge in [0.15, 0.2) is 0 Å². The summed E-state index contributed by atoms with van der Waals surface area (Å²) in [5.74, 6) is 0.887. The average Bonchev–Trinajstić information content (AvgIpc) is 3.02. The zero-order valence-electron chi connectivity index (χ0n) is 14.9. The molecule has 0 radical (unpaired) electrons. The van der Waals surface area contributed by atoms with Crippen molar-refractivity contribution in [1.29, 1.82) is 0 Å². The molecule has 0 aliphatic carbocycles. The zero-order valence-corrected chi connectivity index (χ0v) is 14.9. The molecule has 1 atom stereocenters. The summed E-state index contributed by atoms with van der Waals surface area (Å²) >= 11 is 0. The van der Waals surface area contributed by atoms with Crippen LogP contribution in [-0.4, -0.2) is 33.6 Å². The predicted octanol–water partition coefficient (Wildman–Crippen LogP) is 4.38. The molecule has 0 saturated heterocycles. The van der Waals surface area contributed by atoms with E-state index in [-0.39, 0.29) is 6.23 Å². The zero-order chi connectivity index (χ0) is 17.1. The van der Waals surface area contributed by atoms with Gasteiger partial charge in [-0.15, -0.1) is 0 Å². The molecule has 1 unspecified atom stereocenters. The van der Waals surface area contributed by atoms with Gasteiger partial charge in [0, 0.05) is 18.0 Å². The van der Waals surface area contributed by atoms with E-state index >= 15 is 0 Å². The molecule has 3 rings (SSSR count). The largest absolute Gasteiger partial charge is 0.475 e. The maximum absolute atomic E-state index is 6.03. The Morgan fingerprint density at radius 1 is 1.12 bits per heavy atom. The van der Waals surface area contributed by atoms with Crippen LogP contribution in [0.25, 0.3) is 16.9 Å². The van der Waals surface area contributed by atoms with Gasteiger partial charge in [0.1, 0.15) is 17.6 Å². The minimum Gasteiger partial charge on any atom is -0.475 e. The topological polar surface area (TPSA) is 29.8 Å². The number of rotatable bonds is 6. The van der Waals surface area contributed by atoms with Gasteiger partial charge in [-0.2, -0.15) is 0 Å². The number of hydrogen-bond donors (Lipinski definition) is 0. The number of fused-ring (bicyclic) bond motifs is 1. The standard InChI is InChI=1S/C20H25N3O/c1-5-22(6-2)16(4)24-18-11-9-17(10-12-18)19-14-23-13-7-8-15(3)20(23)21-19/h7-14,16H,5-6H2,1-4H3. The number of nitrogens with zero attached hydrogens (tertiary/aromatic N) is 3. The molecule has 0 aliphatic rings. The van der Waals surface area contributed by atoms with Crippen LogP contribution in [0.5, 0.6) is 5.75 Å².